The predicted octanol–water partition coefficient (Wildman–Crippen LogP) is 4.42. The number of methoxy groups -OCH3 is 1. The number of piperidine rings is 1. The Labute approximate surface area is 181 Å². The van der Waals surface area contributed by atoms with Crippen molar-refractivity contribution < 1.29 is 19.1 Å². The van der Waals surface area contributed by atoms with Crippen LogP contribution in [-0.4, -0.2) is 42.4 Å². The number of carbonyl (C=O) groups is 2. The molecule has 5 nitrogen and oxygen atoms in total. The second-order valence-electron chi connectivity index (χ2n) is 8.44. The number of benzene rings is 3. The van der Waals surface area contributed by atoms with Crippen molar-refractivity contribution in [2.45, 2.75) is 31.3 Å². The zero-order chi connectivity index (χ0) is 21.4. The van der Waals surface area contributed by atoms with E-state index in [-0.39, 0.29) is 11.7 Å². The normalized spacial score (nSPS) is 17.3. The second kappa shape index (κ2) is 7.73. The molecule has 3 aromatic carbocycles. The smallest absolute Gasteiger partial charge is 0.227 e. The van der Waals surface area contributed by atoms with E-state index in [2.05, 4.69) is 18.2 Å². The highest BCUT2D eigenvalue weighted by atomic mass is 16.5. The summed E-state index contributed by atoms with van der Waals surface area (Å²) in [5, 5.41) is 2.27. The summed E-state index contributed by atoms with van der Waals surface area (Å²) >= 11 is 0. The number of hydrogen-bond donors (Lipinski definition) is 0. The molecule has 0 atom stereocenters. The number of hydrogen-bond acceptors (Lipinski definition) is 4. The molecule has 158 valence electrons. The zero-order valence-electron chi connectivity index (χ0n) is 17.6. The average Bonchev–Trinajstić information content (AvgIpc) is 2.79. The van der Waals surface area contributed by atoms with Crippen molar-refractivity contribution in [2.24, 2.45) is 0 Å². The number of rotatable bonds is 3. The fourth-order valence-electron chi connectivity index (χ4n) is 4.77. The summed E-state index contributed by atoms with van der Waals surface area (Å²) in [5.41, 5.74) is 1.13. The van der Waals surface area contributed by atoms with Crippen molar-refractivity contribution in [1.82, 2.24) is 4.90 Å². The number of ether oxygens (including phenoxy) is 2. The van der Waals surface area contributed by atoms with Crippen LogP contribution in [0.25, 0.3) is 10.8 Å². The highest BCUT2D eigenvalue weighted by Gasteiger charge is 2.43. The van der Waals surface area contributed by atoms with Gasteiger partial charge >= 0.3 is 0 Å². The molecule has 0 unspecified atom stereocenters. The number of amides is 1. The molecule has 0 aromatic heterocycles. The van der Waals surface area contributed by atoms with Crippen molar-refractivity contribution in [3.05, 3.63) is 71.8 Å². The molecule has 0 saturated carbocycles. The quantitative estimate of drug-likeness (QED) is 0.636. The summed E-state index contributed by atoms with van der Waals surface area (Å²) in [6.07, 6.45) is 2.04. The fraction of sp³-hybridized carbons (Fsp3) is 0.308. The van der Waals surface area contributed by atoms with E-state index in [1.54, 1.807) is 25.3 Å². The summed E-state index contributed by atoms with van der Waals surface area (Å²) in [6, 6.07) is 19.6. The minimum absolute atomic E-state index is 0.0967. The first kappa shape index (κ1) is 19.6. The van der Waals surface area contributed by atoms with E-state index in [4.69, 9.17) is 9.47 Å². The van der Waals surface area contributed by atoms with E-state index in [9.17, 15) is 9.59 Å². The van der Waals surface area contributed by atoms with Crippen LogP contribution in [0.5, 0.6) is 11.5 Å². The van der Waals surface area contributed by atoms with Crippen molar-refractivity contribution in [3.8, 4) is 11.5 Å². The maximum atomic E-state index is 13.0. The standard InChI is InChI=1S/C26H25NO4/c1-30-20-9-10-22-23(28)17-26(31-24(22)16-20)11-13-27(14-12-26)25(29)15-19-7-4-6-18-5-2-3-8-21(18)19/h2-10,16H,11-15,17H2,1H3. The maximum absolute atomic E-state index is 13.0. The third kappa shape index (κ3) is 3.65. The molecule has 5 heteroatoms. The maximum Gasteiger partial charge on any atom is 0.227 e. The average molecular weight is 415 g/mol. The van der Waals surface area contributed by atoms with Gasteiger partial charge in [-0.1, -0.05) is 42.5 Å². The van der Waals surface area contributed by atoms with Gasteiger partial charge in [0.1, 0.15) is 17.1 Å². The SMILES string of the molecule is COc1ccc2c(c1)OC1(CCN(C(=O)Cc3cccc4ccccc34)CC1)CC2=O. The summed E-state index contributed by atoms with van der Waals surface area (Å²) in [6.45, 7) is 1.19. The largest absolute Gasteiger partial charge is 0.497 e. The molecule has 3 aromatic rings. The summed E-state index contributed by atoms with van der Waals surface area (Å²) in [7, 11) is 1.60. The first-order valence-corrected chi connectivity index (χ1v) is 10.7. The number of fused-ring (bicyclic) bond motifs is 2. The van der Waals surface area contributed by atoms with Gasteiger partial charge in [0.15, 0.2) is 5.78 Å². The van der Waals surface area contributed by atoms with Crippen LogP contribution >= 0.6 is 0 Å². The molecule has 0 N–H and O–H groups in total. The Morgan fingerprint density at radius 2 is 1.84 bits per heavy atom. The van der Waals surface area contributed by atoms with E-state index in [1.165, 1.54) is 0 Å². The van der Waals surface area contributed by atoms with Gasteiger partial charge in [-0.25, -0.2) is 0 Å². The number of nitrogens with zero attached hydrogens (tertiary/aromatic N) is 1. The molecule has 0 radical (unpaired) electrons. The number of Topliss-reactive ketones (excluding diaryl/α,β-unsaturated/α-hetero) is 1. The van der Waals surface area contributed by atoms with Gasteiger partial charge in [0.2, 0.25) is 5.91 Å². The lowest BCUT2D eigenvalue weighted by Gasteiger charge is -2.44. The van der Waals surface area contributed by atoms with Gasteiger partial charge in [0.05, 0.1) is 25.5 Å². The molecule has 0 bridgehead atoms. The number of likely N-dealkylation sites (tertiary alicyclic amines) is 1. The van der Waals surface area contributed by atoms with Gasteiger partial charge in [-0.05, 0) is 28.5 Å². The Bertz CT molecular complexity index is 1160. The van der Waals surface area contributed by atoms with E-state index in [1.807, 2.05) is 29.2 Å². The van der Waals surface area contributed by atoms with Crippen LogP contribution in [0.2, 0.25) is 0 Å². The van der Waals surface area contributed by atoms with Crippen LogP contribution < -0.4 is 9.47 Å². The Morgan fingerprint density at radius 3 is 2.65 bits per heavy atom. The molecule has 2 aliphatic rings. The molecule has 1 amide bonds. The lowest BCUT2D eigenvalue weighted by molar-refractivity contribution is -0.134. The Hall–Kier alpha value is -3.34. The highest BCUT2D eigenvalue weighted by Crippen LogP contribution is 2.40. The molecule has 1 spiro atoms. The van der Waals surface area contributed by atoms with Gasteiger partial charge in [0, 0.05) is 32.0 Å². The minimum atomic E-state index is -0.535. The summed E-state index contributed by atoms with van der Waals surface area (Å²) in [5.74, 6) is 1.48. The lowest BCUT2D eigenvalue weighted by atomic mass is 9.82. The molecule has 0 aliphatic carbocycles. The fourth-order valence-corrected chi connectivity index (χ4v) is 4.77. The Balaban J connectivity index is 1.29. The van der Waals surface area contributed by atoms with Crippen LogP contribution in [0.4, 0.5) is 0 Å². The monoisotopic (exact) mass is 415 g/mol. The van der Waals surface area contributed by atoms with Gasteiger partial charge < -0.3 is 14.4 Å². The van der Waals surface area contributed by atoms with E-state index < -0.39 is 5.60 Å². The molecule has 1 fully saturated rings. The molecule has 1 saturated heterocycles. The summed E-state index contributed by atoms with van der Waals surface area (Å²) in [4.78, 5) is 27.7. The Kier molecular flexibility index (Phi) is 4.89. The highest BCUT2D eigenvalue weighted by molar-refractivity contribution is 6.00. The lowest BCUT2D eigenvalue weighted by Crippen LogP contribution is -2.52. The zero-order valence-corrected chi connectivity index (χ0v) is 17.6. The molecular weight excluding hydrogens is 390 g/mol. The molecule has 5 rings (SSSR count). The van der Waals surface area contributed by atoms with Gasteiger partial charge in [-0.15, -0.1) is 0 Å². The minimum Gasteiger partial charge on any atom is -0.497 e. The van der Waals surface area contributed by atoms with Crippen LogP contribution in [0.1, 0.15) is 35.2 Å². The molecule has 2 heterocycles. The van der Waals surface area contributed by atoms with Crippen LogP contribution in [0, 0.1) is 0 Å². The van der Waals surface area contributed by atoms with Crippen molar-refractivity contribution in [2.75, 3.05) is 20.2 Å². The topological polar surface area (TPSA) is 55.8 Å². The van der Waals surface area contributed by atoms with Crippen molar-refractivity contribution in [1.29, 1.82) is 0 Å². The van der Waals surface area contributed by atoms with E-state index in [0.717, 1.165) is 16.3 Å². The molecule has 31 heavy (non-hydrogen) atoms. The number of carbonyl (C=O) groups excluding carboxylic acids is 2. The summed E-state index contributed by atoms with van der Waals surface area (Å²) < 4.78 is 11.6. The van der Waals surface area contributed by atoms with Crippen molar-refractivity contribution in [3.63, 3.8) is 0 Å². The van der Waals surface area contributed by atoms with E-state index >= 15 is 0 Å². The first-order chi connectivity index (χ1) is 15.1. The van der Waals surface area contributed by atoms with Crippen LogP contribution in [0.3, 0.4) is 0 Å². The third-order valence-electron chi connectivity index (χ3n) is 6.55. The van der Waals surface area contributed by atoms with Gasteiger partial charge in [0.25, 0.3) is 0 Å². The van der Waals surface area contributed by atoms with Gasteiger partial charge in [-0.2, -0.15) is 0 Å². The molecule has 2 aliphatic heterocycles. The third-order valence-corrected chi connectivity index (χ3v) is 6.55. The van der Waals surface area contributed by atoms with Crippen molar-refractivity contribution >= 4 is 22.5 Å². The Morgan fingerprint density at radius 1 is 1.06 bits per heavy atom. The van der Waals surface area contributed by atoms with Crippen LogP contribution in [-0.2, 0) is 11.2 Å². The van der Waals surface area contributed by atoms with E-state index in [0.29, 0.717) is 55.8 Å². The predicted molar refractivity (Wildman–Crippen MR) is 119 cm³/mol. The first-order valence-electron chi connectivity index (χ1n) is 10.7. The van der Waals surface area contributed by atoms with Crippen LogP contribution in [0.15, 0.2) is 60.7 Å². The second-order valence-corrected chi connectivity index (χ2v) is 8.44. The number of ketones is 1. The molecular formula is C26H25NO4. The van der Waals surface area contributed by atoms with Gasteiger partial charge in [-0.3, -0.25) is 9.59 Å².